The highest BCUT2D eigenvalue weighted by molar-refractivity contribution is 5.78. The first kappa shape index (κ1) is 10.2. The van der Waals surface area contributed by atoms with Crippen LogP contribution in [0.5, 0.6) is 0 Å². The predicted octanol–water partition coefficient (Wildman–Crippen LogP) is -0.783. The van der Waals surface area contributed by atoms with E-state index in [1.165, 1.54) is 0 Å². The second-order valence-corrected chi connectivity index (χ2v) is 4.01. The molecule has 1 saturated carbocycles. The zero-order valence-electron chi connectivity index (χ0n) is 8.40. The zero-order valence-corrected chi connectivity index (χ0v) is 8.40. The van der Waals surface area contributed by atoms with Gasteiger partial charge in [-0.25, -0.2) is 4.79 Å². The molecule has 1 saturated heterocycles. The van der Waals surface area contributed by atoms with Crippen molar-refractivity contribution in [1.82, 2.24) is 15.5 Å². The molecule has 1 aliphatic heterocycles. The van der Waals surface area contributed by atoms with Gasteiger partial charge in [0, 0.05) is 25.7 Å². The molecule has 6 nitrogen and oxygen atoms in total. The average molecular weight is 213 g/mol. The Balaban J connectivity index is 1.85. The van der Waals surface area contributed by atoms with Crippen LogP contribution in [0.4, 0.5) is 4.79 Å². The fraction of sp³-hybridized carbons (Fsp3) is 0.778. The van der Waals surface area contributed by atoms with Crippen LogP contribution in [0.2, 0.25) is 0 Å². The van der Waals surface area contributed by atoms with Crippen molar-refractivity contribution in [1.29, 1.82) is 0 Å². The van der Waals surface area contributed by atoms with Crippen LogP contribution in [-0.4, -0.2) is 53.7 Å². The molecule has 3 N–H and O–H groups in total. The third-order valence-corrected chi connectivity index (χ3v) is 2.67. The molecule has 1 aliphatic carbocycles. The van der Waals surface area contributed by atoms with Gasteiger partial charge in [0.05, 0.1) is 0 Å². The molecule has 6 heteroatoms. The summed E-state index contributed by atoms with van der Waals surface area (Å²) >= 11 is 0. The van der Waals surface area contributed by atoms with Gasteiger partial charge in [-0.15, -0.1) is 0 Å². The molecule has 2 aliphatic rings. The summed E-state index contributed by atoms with van der Waals surface area (Å²) in [7, 11) is 0. The summed E-state index contributed by atoms with van der Waals surface area (Å²) in [5.74, 6) is -0.904. The Hall–Kier alpha value is -1.30. The molecular weight excluding hydrogens is 198 g/mol. The minimum Gasteiger partial charge on any atom is -0.480 e. The summed E-state index contributed by atoms with van der Waals surface area (Å²) in [6.45, 7) is 1.35. The number of amides is 2. The van der Waals surface area contributed by atoms with Crippen LogP contribution in [0.3, 0.4) is 0 Å². The molecule has 0 spiro atoms. The fourth-order valence-electron chi connectivity index (χ4n) is 1.59. The third-order valence-electron chi connectivity index (χ3n) is 2.67. The lowest BCUT2D eigenvalue weighted by molar-refractivity contribution is -0.140. The van der Waals surface area contributed by atoms with Gasteiger partial charge in [0.1, 0.15) is 6.04 Å². The number of carboxylic acids is 1. The van der Waals surface area contributed by atoms with Gasteiger partial charge in [-0.1, -0.05) is 0 Å². The van der Waals surface area contributed by atoms with Crippen LogP contribution >= 0.6 is 0 Å². The van der Waals surface area contributed by atoms with Crippen molar-refractivity contribution in [2.75, 3.05) is 19.6 Å². The van der Waals surface area contributed by atoms with E-state index in [0.717, 1.165) is 12.8 Å². The first-order chi connectivity index (χ1) is 7.16. The van der Waals surface area contributed by atoms with E-state index in [9.17, 15) is 9.59 Å². The molecule has 0 radical (unpaired) electrons. The van der Waals surface area contributed by atoms with Gasteiger partial charge in [-0.2, -0.15) is 0 Å². The number of carboxylic acid groups (broad SMARTS) is 1. The summed E-state index contributed by atoms with van der Waals surface area (Å²) in [5.41, 5.74) is 0. The Morgan fingerprint density at radius 1 is 1.40 bits per heavy atom. The van der Waals surface area contributed by atoms with E-state index in [0.29, 0.717) is 19.1 Å². The second kappa shape index (κ2) is 4.06. The predicted molar refractivity (Wildman–Crippen MR) is 52.6 cm³/mol. The Bertz CT molecular complexity index is 278. The zero-order chi connectivity index (χ0) is 10.8. The maximum atomic E-state index is 11.6. The first-order valence-corrected chi connectivity index (χ1v) is 5.18. The summed E-state index contributed by atoms with van der Waals surface area (Å²) in [4.78, 5) is 23.9. The van der Waals surface area contributed by atoms with E-state index in [-0.39, 0.29) is 12.6 Å². The molecule has 0 aromatic rings. The Morgan fingerprint density at radius 2 is 2.13 bits per heavy atom. The van der Waals surface area contributed by atoms with Gasteiger partial charge >= 0.3 is 12.0 Å². The molecule has 1 atom stereocenters. The minimum atomic E-state index is -0.904. The molecule has 2 amide bonds. The van der Waals surface area contributed by atoms with Crippen molar-refractivity contribution in [3.63, 3.8) is 0 Å². The maximum Gasteiger partial charge on any atom is 0.322 e. The van der Waals surface area contributed by atoms with Gasteiger partial charge in [-0.3, -0.25) is 4.79 Å². The quantitative estimate of drug-likeness (QED) is 0.562. The first-order valence-electron chi connectivity index (χ1n) is 5.18. The van der Waals surface area contributed by atoms with E-state index >= 15 is 0 Å². The van der Waals surface area contributed by atoms with E-state index in [1.807, 2.05) is 0 Å². The number of hydrogen-bond donors (Lipinski definition) is 3. The molecule has 15 heavy (non-hydrogen) atoms. The van der Waals surface area contributed by atoms with Crippen LogP contribution in [0.15, 0.2) is 0 Å². The number of hydrogen-bond acceptors (Lipinski definition) is 3. The number of rotatable bonds is 2. The largest absolute Gasteiger partial charge is 0.480 e. The summed E-state index contributed by atoms with van der Waals surface area (Å²) in [6, 6.07) is -0.454. The third kappa shape index (κ3) is 2.59. The van der Waals surface area contributed by atoms with Crippen LogP contribution in [0, 0.1) is 0 Å². The SMILES string of the molecule is O=C(O)C1CN(C(=O)NC2CC2)CCN1. The molecule has 2 fully saturated rings. The van der Waals surface area contributed by atoms with Gasteiger partial charge in [0.2, 0.25) is 0 Å². The van der Waals surface area contributed by atoms with Crippen molar-refractivity contribution in [3.8, 4) is 0 Å². The van der Waals surface area contributed by atoms with Crippen molar-refractivity contribution in [2.24, 2.45) is 0 Å². The Labute approximate surface area is 87.6 Å². The Morgan fingerprint density at radius 3 is 2.73 bits per heavy atom. The minimum absolute atomic E-state index is 0.134. The number of nitrogens with zero attached hydrogens (tertiary/aromatic N) is 1. The van der Waals surface area contributed by atoms with E-state index in [1.54, 1.807) is 4.90 Å². The highest BCUT2D eigenvalue weighted by Crippen LogP contribution is 2.19. The molecular formula is C9H15N3O3. The average Bonchev–Trinajstić information content (AvgIpc) is 3.02. The Kier molecular flexibility index (Phi) is 2.77. The van der Waals surface area contributed by atoms with Gasteiger partial charge < -0.3 is 20.6 Å². The normalized spacial score (nSPS) is 26.1. The smallest absolute Gasteiger partial charge is 0.322 e. The van der Waals surface area contributed by atoms with Crippen LogP contribution < -0.4 is 10.6 Å². The standard InChI is InChI=1S/C9H15N3O3/c13-8(14)7-5-12(4-3-10-7)9(15)11-6-1-2-6/h6-7,10H,1-5H2,(H,11,15)(H,13,14). The van der Waals surface area contributed by atoms with Gasteiger partial charge in [-0.05, 0) is 12.8 Å². The van der Waals surface area contributed by atoms with Gasteiger partial charge in [0.15, 0.2) is 0 Å². The molecule has 0 bridgehead atoms. The highest BCUT2D eigenvalue weighted by atomic mass is 16.4. The number of carbonyl (C=O) groups excluding carboxylic acids is 1. The lowest BCUT2D eigenvalue weighted by Crippen LogP contribution is -2.57. The molecule has 2 rings (SSSR count). The fourth-order valence-corrected chi connectivity index (χ4v) is 1.59. The number of piperazine rings is 1. The molecule has 84 valence electrons. The second-order valence-electron chi connectivity index (χ2n) is 4.01. The molecule has 1 heterocycles. The van der Waals surface area contributed by atoms with E-state index < -0.39 is 12.0 Å². The van der Waals surface area contributed by atoms with Crippen molar-refractivity contribution >= 4 is 12.0 Å². The van der Waals surface area contributed by atoms with Crippen molar-refractivity contribution in [3.05, 3.63) is 0 Å². The van der Waals surface area contributed by atoms with E-state index in [4.69, 9.17) is 5.11 Å². The number of urea groups is 1. The summed E-state index contributed by atoms with van der Waals surface area (Å²) < 4.78 is 0. The lowest BCUT2D eigenvalue weighted by Gasteiger charge is -2.31. The van der Waals surface area contributed by atoms with Crippen LogP contribution in [0.1, 0.15) is 12.8 Å². The molecule has 0 aromatic carbocycles. The monoisotopic (exact) mass is 213 g/mol. The molecule has 0 aromatic heterocycles. The topological polar surface area (TPSA) is 81.7 Å². The number of nitrogens with one attached hydrogen (secondary N) is 2. The van der Waals surface area contributed by atoms with Crippen LogP contribution in [-0.2, 0) is 4.79 Å². The highest BCUT2D eigenvalue weighted by Gasteiger charge is 2.30. The number of aliphatic carboxylic acids is 1. The van der Waals surface area contributed by atoms with Crippen molar-refractivity contribution < 1.29 is 14.7 Å². The maximum absolute atomic E-state index is 11.6. The van der Waals surface area contributed by atoms with Gasteiger partial charge in [0.25, 0.3) is 0 Å². The lowest BCUT2D eigenvalue weighted by atomic mass is 10.2. The van der Waals surface area contributed by atoms with Crippen molar-refractivity contribution in [2.45, 2.75) is 24.9 Å². The summed E-state index contributed by atoms with van der Waals surface area (Å²) in [5, 5.41) is 14.5. The molecule has 1 unspecified atom stereocenters. The van der Waals surface area contributed by atoms with Crippen LogP contribution in [0.25, 0.3) is 0 Å². The summed E-state index contributed by atoms with van der Waals surface area (Å²) in [6.07, 6.45) is 2.08. The van der Waals surface area contributed by atoms with E-state index in [2.05, 4.69) is 10.6 Å². The number of carbonyl (C=O) groups is 2.